The zero-order valence-corrected chi connectivity index (χ0v) is 20.9. The number of allylic oxidation sites excluding steroid dienone is 1. The van der Waals surface area contributed by atoms with Gasteiger partial charge in [0.2, 0.25) is 5.88 Å². The Balaban J connectivity index is 1.58. The molecule has 0 radical (unpaired) electrons. The zero-order valence-electron chi connectivity index (χ0n) is 19.3. The number of hydrogen-bond acceptors (Lipinski definition) is 5. The minimum Gasteiger partial charge on any atom is -0.493 e. The fourth-order valence-electron chi connectivity index (χ4n) is 4.42. The number of nitriles is 1. The molecular formula is C29H23BrN2O3. The quantitative estimate of drug-likeness (QED) is 0.312. The number of rotatable bonds is 5. The lowest BCUT2D eigenvalue weighted by atomic mass is 9.82. The third-order valence-electron chi connectivity index (χ3n) is 6.20. The smallest absolute Gasteiger partial charge is 0.205 e. The molecule has 1 heterocycles. The maximum absolute atomic E-state index is 9.98. The average Bonchev–Trinajstić information content (AvgIpc) is 2.87. The predicted octanol–water partition coefficient (Wildman–Crippen LogP) is 6.72. The molecule has 0 aromatic heterocycles. The molecular weight excluding hydrogens is 504 g/mol. The molecule has 0 spiro atoms. The highest BCUT2D eigenvalue weighted by Crippen LogP contribution is 2.48. The van der Waals surface area contributed by atoms with Crippen LogP contribution in [0.4, 0.5) is 0 Å². The van der Waals surface area contributed by atoms with Gasteiger partial charge in [-0.3, -0.25) is 0 Å². The van der Waals surface area contributed by atoms with Crippen molar-refractivity contribution in [3.63, 3.8) is 0 Å². The summed E-state index contributed by atoms with van der Waals surface area (Å²) in [6, 6.07) is 26.3. The van der Waals surface area contributed by atoms with Crippen LogP contribution in [0.2, 0.25) is 0 Å². The van der Waals surface area contributed by atoms with Gasteiger partial charge in [0.1, 0.15) is 24.0 Å². The van der Waals surface area contributed by atoms with Crippen LogP contribution < -0.4 is 19.9 Å². The number of hydrogen-bond donors (Lipinski definition) is 1. The fraction of sp³-hybridized carbons (Fsp3) is 0.138. The fourth-order valence-corrected chi connectivity index (χ4v) is 4.99. The zero-order chi connectivity index (χ0) is 24.5. The van der Waals surface area contributed by atoms with Crippen molar-refractivity contribution in [1.29, 1.82) is 5.26 Å². The highest BCUT2D eigenvalue weighted by molar-refractivity contribution is 9.10. The lowest BCUT2D eigenvalue weighted by molar-refractivity contribution is 0.282. The molecule has 2 N–H and O–H groups in total. The lowest BCUT2D eigenvalue weighted by Gasteiger charge is -2.28. The molecule has 6 heteroatoms. The van der Waals surface area contributed by atoms with Crippen LogP contribution in [-0.4, -0.2) is 7.11 Å². The van der Waals surface area contributed by atoms with Crippen molar-refractivity contribution in [1.82, 2.24) is 0 Å². The van der Waals surface area contributed by atoms with Crippen LogP contribution in [0.25, 0.3) is 10.8 Å². The van der Waals surface area contributed by atoms with Crippen LogP contribution in [0.5, 0.6) is 17.2 Å². The van der Waals surface area contributed by atoms with Crippen LogP contribution >= 0.6 is 15.9 Å². The molecule has 35 heavy (non-hydrogen) atoms. The second kappa shape index (κ2) is 9.36. The molecule has 1 aliphatic heterocycles. The van der Waals surface area contributed by atoms with Crippen molar-refractivity contribution >= 4 is 26.7 Å². The molecule has 0 saturated carbocycles. The van der Waals surface area contributed by atoms with E-state index in [9.17, 15) is 5.26 Å². The first-order valence-electron chi connectivity index (χ1n) is 11.1. The van der Waals surface area contributed by atoms with Gasteiger partial charge in [-0.2, -0.15) is 5.26 Å². The minimum absolute atomic E-state index is 0.108. The van der Waals surface area contributed by atoms with Crippen molar-refractivity contribution in [2.75, 3.05) is 7.11 Å². The molecule has 5 rings (SSSR count). The van der Waals surface area contributed by atoms with E-state index in [1.165, 1.54) is 5.56 Å². The Morgan fingerprint density at radius 1 is 1.06 bits per heavy atom. The molecule has 174 valence electrons. The summed E-state index contributed by atoms with van der Waals surface area (Å²) in [6.07, 6.45) is 0. The van der Waals surface area contributed by atoms with E-state index in [4.69, 9.17) is 19.9 Å². The molecule has 0 fully saturated rings. The van der Waals surface area contributed by atoms with E-state index in [1.54, 1.807) is 7.11 Å². The topological polar surface area (TPSA) is 77.5 Å². The number of fused-ring (bicyclic) bond motifs is 3. The Kier molecular flexibility index (Phi) is 6.10. The van der Waals surface area contributed by atoms with E-state index >= 15 is 0 Å². The van der Waals surface area contributed by atoms with Gasteiger partial charge in [-0.25, -0.2) is 0 Å². The first-order chi connectivity index (χ1) is 17.0. The van der Waals surface area contributed by atoms with E-state index < -0.39 is 5.92 Å². The number of nitrogens with two attached hydrogens (primary N) is 1. The van der Waals surface area contributed by atoms with Gasteiger partial charge >= 0.3 is 0 Å². The van der Waals surface area contributed by atoms with Gasteiger partial charge in [0.15, 0.2) is 11.5 Å². The summed E-state index contributed by atoms with van der Waals surface area (Å²) in [7, 11) is 1.60. The van der Waals surface area contributed by atoms with Crippen molar-refractivity contribution < 1.29 is 14.2 Å². The Bertz CT molecular complexity index is 1500. The standard InChI is InChI=1S/C29H23BrN2O3/c1-17-7-9-18(10-8-17)16-34-28-24(30)13-20(14-25(28)33-2)26-22-12-11-19-5-3-4-6-21(19)27(22)35-29(32)23(26)15-31/h3-14,26H,16,32H2,1-2H3/t26-/m0/s1. The Labute approximate surface area is 212 Å². The van der Waals surface area contributed by atoms with Gasteiger partial charge < -0.3 is 19.9 Å². The van der Waals surface area contributed by atoms with Crippen molar-refractivity contribution in [3.05, 3.63) is 111 Å². The summed E-state index contributed by atoms with van der Waals surface area (Å²) in [5.74, 6) is 1.52. The van der Waals surface area contributed by atoms with E-state index in [1.807, 2.05) is 60.7 Å². The highest BCUT2D eigenvalue weighted by Gasteiger charge is 2.32. The molecule has 5 nitrogen and oxygen atoms in total. The predicted molar refractivity (Wildman–Crippen MR) is 139 cm³/mol. The number of ether oxygens (including phenoxy) is 3. The number of aryl methyl sites for hydroxylation is 1. The Morgan fingerprint density at radius 3 is 2.57 bits per heavy atom. The van der Waals surface area contributed by atoms with Crippen molar-refractivity contribution in [2.24, 2.45) is 5.73 Å². The second-order valence-corrected chi connectivity index (χ2v) is 9.29. The summed E-state index contributed by atoms with van der Waals surface area (Å²) in [6.45, 7) is 2.45. The van der Waals surface area contributed by atoms with Crippen LogP contribution in [0.1, 0.15) is 28.2 Å². The molecule has 0 unspecified atom stereocenters. The van der Waals surface area contributed by atoms with Crippen LogP contribution in [0.15, 0.2) is 88.7 Å². The first-order valence-corrected chi connectivity index (χ1v) is 11.9. The van der Waals surface area contributed by atoms with Crippen molar-refractivity contribution in [3.8, 4) is 23.3 Å². The third kappa shape index (κ3) is 4.20. The molecule has 1 atom stereocenters. The van der Waals surface area contributed by atoms with E-state index in [0.29, 0.717) is 29.4 Å². The third-order valence-corrected chi connectivity index (χ3v) is 6.79. The van der Waals surface area contributed by atoms with Gasteiger partial charge in [-0.15, -0.1) is 0 Å². The van der Waals surface area contributed by atoms with Crippen LogP contribution in [-0.2, 0) is 6.61 Å². The molecule has 0 aliphatic carbocycles. The summed E-state index contributed by atoms with van der Waals surface area (Å²) in [5.41, 5.74) is 10.6. The minimum atomic E-state index is -0.412. The molecule has 1 aliphatic rings. The molecule has 4 aromatic carbocycles. The Morgan fingerprint density at radius 2 is 1.83 bits per heavy atom. The van der Waals surface area contributed by atoms with Crippen LogP contribution in [0, 0.1) is 18.3 Å². The first kappa shape index (κ1) is 22.8. The summed E-state index contributed by atoms with van der Waals surface area (Å²) < 4.78 is 18.5. The van der Waals surface area contributed by atoms with E-state index in [-0.39, 0.29) is 5.88 Å². The number of halogens is 1. The molecule has 4 aromatic rings. The number of benzene rings is 4. The molecule has 0 amide bonds. The van der Waals surface area contributed by atoms with Gasteiger partial charge in [0.25, 0.3) is 0 Å². The van der Waals surface area contributed by atoms with Gasteiger partial charge in [-0.1, -0.05) is 66.2 Å². The summed E-state index contributed by atoms with van der Waals surface area (Å²) >= 11 is 3.66. The van der Waals surface area contributed by atoms with E-state index in [2.05, 4.69) is 41.1 Å². The molecule has 0 saturated heterocycles. The lowest BCUT2D eigenvalue weighted by Crippen LogP contribution is -2.21. The normalized spacial score (nSPS) is 14.7. The monoisotopic (exact) mass is 526 g/mol. The largest absolute Gasteiger partial charge is 0.493 e. The summed E-state index contributed by atoms with van der Waals surface area (Å²) in [4.78, 5) is 0. The maximum Gasteiger partial charge on any atom is 0.205 e. The Hall–Kier alpha value is -3.95. The van der Waals surface area contributed by atoms with Gasteiger partial charge in [0.05, 0.1) is 17.5 Å². The average molecular weight is 527 g/mol. The summed E-state index contributed by atoms with van der Waals surface area (Å²) in [5, 5.41) is 12.0. The van der Waals surface area contributed by atoms with Crippen molar-refractivity contribution in [2.45, 2.75) is 19.4 Å². The second-order valence-electron chi connectivity index (χ2n) is 8.44. The van der Waals surface area contributed by atoms with Crippen LogP contribution in [0.3, 0.4) is 0 Å². The SMILES string of the molecule is COc1cc([C@@H]2C(C#N)=C(N)Oc3c2ccc2ccccc32)cc(Br)c1OCc1ccc(C)cc1. The molecule has 0 bridgehead atoms. The number of methoxy groups -OCH3 is 1. The number of nitrogens with zero attached hydrogens (tertiary/aromatic N) is 1. The highest BCUT2D eigenvalue weighted by atomic mass is 79.9. The van der Waals surface area contributed by atoms with Gasteiger partial charge in [0, 0.05) is 10.9 Å². The van der Waals surface area contributed by atoms with Gasteiger partial charge in [-0.05, 0) is 51.5 Å². The van der Waals surface area contributed by atoms with E-state index in [0.717, 1.165) is 31.9 Å². The maximum atomic E-state index is 9.98.